The molecule has 0 atom stereocenters. The fourth-order valence-corrected chi connectivity index (χ4v) is 1.75. The molecular formula is C14H18Cl3NO. The van der Waals surface area contributed by atoms with E-state index < -0.39 is 0 Å². The molecule has 0 amide bonds. The summed E-state index contributed by atoms with van der Waals surface area (Å²) in [5, 5.41) is 4.38. The first-order chi connectivity index (χ1) is 8.83. The van der Waals surface area contributed by atoms with Crippen molar-refractivity contribution in [1.29, 1.82) is 0 Å². The molecule has 1 rings (SSSR count). The maximum absolute atomic E-state index is 6.16. The minimum absolute atomic E-state index is 0.0211. The Hall–Kier alpha value is -0.410. The number of ether oxygens (including phenoxy) is 1. The quantitative estimate of drug-likeness (QED) is 0.830. The van der Waals surface area contributed by atoms with Crippen molar-refractivity contribution < 1.29 is 4.74 Å². The lowest BCUT2D eigenvalue weighted by Gasteiger charge is -2.22. The normalized spacial score (nSPS) is 12.6. The summed E-state index contributed by atoms with van der Waals surface area (Å²) in [6, 6.07) is 5.65. The van der Waals surface area contributed by atoms with Crippen LogP contribution in [0.25, 0.3) is 0 Å². The smallest absolute Gasteiger partial charge is 0.142 e. The second-order valence-electron chi connectivity index (χ2n) is 5.18. The molecular weight excluding hydrogens is 305 g/mol. The highest BCUT2D eigenvalue weighted by Crippen LogP contribution is 2.29. The molecule has 0 aliphatic carbocycles. The van der Waals surface area contributed by atoms with E-state index in [1.54, 1.807) is 6.07 Å². The molecule has 19 heavy (non-hydrogen) atoms. The second kappa shape index (κ2) is 7.39. The Morgan fingerprint density at radius 3 is 2.63 bits per heavy atom. The van der Waals surface area contributed by atoms with Gasteiger partial charge < -0.3 is 10.1 Å². The first kappa shape index (κ1) is 16.6. The van der Waals surface area contributed by atoms with Crippen LogP contribution in [0.2, 0.25) is 5.02 Å². The van der Waals surface area contributed by atoms with E-state index in [0.29, 0.717) is 22.3 Å². The van der Waals surface area contributed by atoms with Crippen molar-refractivity contribution in [2.45, 2.75) is 32.9 Å². The summed E-state index contributed by atoms with van der Waals surface area (Å²) in [5.74, 6) is 0.637. The van der Waals surface area contributed by atoms with Crippen LogP contribution in [0.15, 0.2) is 28.8 Å². The van der Waals surface area contributed by atoms with Crippen LogP contribution in [0.4, 0.5) is 0 Å². The Morgan fingerprint density at radius 2 is 2.05 bits per heavy atom. The Kier molecular flexibility index (Phi) is 6.48. The van der Waals surface area contributed by atoms with Gasteiger partial charge in [-0.1, -0.05) is 46.9 Å². The third-order valence-electron chi connectivity index (χ3n) is 2.33. The summed E-state index contributed by atoms with van der Waals surface area (Å²) in [4.78, 5) is 0. The second-order valence-corrected chi connectivity index (χ2v) is 6.29. The summed E-state index contributed by atoms with van der Waals surface area (Å²) < 4.78 is 5.63. The first-order valence-corrected chi connectivity index (χ1v) is 7.12. The molecule has 0 fully saturated rings. The van der Waals surface area contributed by atoms with E-state index in [2.05, 4.69) is 26.1 Å². The SMILES string of the molecule is CC(C)(C)NCc1cccc(Cl)c1OC/C(Cl)=C/Cl. The highest BCUT2D eigenvalue weighted by molar-refractivity contribution is 6.36. The summed E-state index contributed by atoms with van der Waals surface area (Å²) >= 11 is 17.5. The Morgan fingerprint density at radius 1 is 1.37 bits per heavy atom. The van der Waals surface area contributed by atoms with Crippen LogP contribution < -0.4 is 10.1 Å². The van der Waals surface area contributed by atoms with Gasteiger partial charge in [-0.25, -0.2) is 0 Å². The van der Waals surface area contributed by atoms with Crippen LogP contribution in [-0.2, 0) is 6.54 Å². The molecule has 1 N–H and O–H groups in total. The minimum Gasteiger partial charge on any atom is -0.486 e. The van der Waals surface area contributed by atoms with Gasteiger partial charge in [-0.3, -0.25) is 0 Å². The fraction of sp³-hybridized carbons (Fsp3) is 0.429. The Bertz CT molecular complexity index is 452. The predicted molar refractivity (Wildman–Crippen MR) is 83.3 cm³/mol. The molecule has 0 spiro atoms. The van der Waals surface area contributed by atoms with Gasteiger partial charge in [-0.05, 0) is 26.8 Å². The molecule has 0 aliphatic heterocycles. The third kappa shape index (κ3) is 6.05. The highest BCUT2D eigenvalue weighted by atomic mass is 35.5. The standard InChI is InChI=1S/C14H18Cl3NO/c1-14(2,3)18-8-10-5-4-6-12(17)13(10)19-9-11(16)7-15/h4-7,18H,8-9H2,1-3H3/b11-7-. The number of para-hydroxylation sites is 1. The lowest BCUT2D eigenvalue weighted by molar-refractivity contribution is 0.349. The maximum Gasteiger partial charge on any atom is 0.142 e. The molecule has 0 heterocycles. The molecule has 0 saturated heterocycles. The fourth-order valence-electron chi connectivity index (χ4n) is 1.39. The summed E-state index contributed by atoms with van der Waals surface area (Å²) in [7, 11) is 0. The number of halogens is 3. The molecule has 0 aromatic heterocycles. The molecule has 0 bridgehead atoms. The van der Waals surface area contributed by atoms with Gasteiger partial charge >= 0.3 is 0 Å². The molecule has 0 saturated carbocycles. The van der Waals surface area contributed by atoms with Gasteiger partial charge in [0, 0.05) is 23.2 Å². The number of hydrogen-bond donors (Lipinski definition) is 1. The first-order valence-electron chi connectivity index (χ1n) is 5.93. The Labute approximate surface area is 129 Å². The zero-order valence-corrected chi connectivity index (χ0v) is 13.5. The van der Waals surface area contributed by atoms with Crippen molar-refractivity contribution in [3.05, 3.63) is 39.4 Å². The van der Waals surface area contributed by atoms with Crippen LogP contribution >= 0.6 is 34.8 Å². The van der Waals surface area contributed by atoms with Gasteiger partial charge in [-0.2, -0.15) is 0 Å². The largest absolute Gasteiger partial charge is 0.486 e. The predicted octanol–water partition coefficient (Wildman–Crippen LogP) is 4.93. The van der Waals surface area contributed by atoms with Gasteiger partial charge in [0.15, 0.2) is 0 Å². The number of rotatable bonds is 5. The van der Waals surface area contributed by atoms with Crippen molar-refractivity contribution >= 4 is 34.8 Å². The topological polar surface area (TPSA) is 21.3 Å². The summed E-state index contributed by atoms with van der Waals surface area (Å²) in [6.45, 7) is 7.18. The Balaban J connectivity index is 2.83. The number of benzene rings is 1. The molecule has 2 nitrogen and oxygen atoms in total. The van der Waals surface area contributed by atoms with Crippen molar-refractivity contribution in [2.75, 3.05) is 6.61 Å². The van der Waals surface area contributed by atoms with E-state index in [4.69, 9.17) is 39.5 Å². The van der Waals surface area contributed by atoms with Gasteiger partial charge in [0.2, 0.25) is 0 Å². The van der Waals surface area contributed by atoms with Gasteiger partial charge in [-0.15, -0.1) is 0 Å². The van der Waals surface area contributed by atoms with Crippen LogP contribution in [0.1, 0.15) is 26.3 Å². The summed E-state index contributed by atoms with van der Waals surface area (Å²) in [5.41, 5.74) is 2.29. The van der Waals surface area contributed by atoms with E-state index in [1.807, 2.05) is 12.1 Å². The van der Waals surface area contributed by atoms with Gasteiger partial charge in [0.05, 0.1) is 10.1 Å². The zero-order chi connectivity index (χ0) is 14.5. The van der Waals surface area contributed by atoms with E-state index >= 15 is 0 Å². The van der Waals surface area contributed by atoms with Crippen molar-refractivity contribution in [2.24, 2.45) is 0 Å². The average molecular weight is 323 g/mol. The highest BCUT2D eigenvalue weighted by Gasteiger charge is 2.13. The van der Waals surface area contributed by atoms with Crippen LogP contribution in [0.5, 0.6) is 5.75 Å². The van der Waals surface area contributed by atoms with E-state index in [0.717, 1.165) is 5.56 Å². The third-order valence-corrected chi connectivity index (χ3v) is 3.22. The molecule has 0 radical (unpaired) electrons. The molecule has 1 aromatic carbocycles. The average Bonchev–Trinajstić information content (AvgIpc) is 2.33. The van der Waals surface area contributed by atoms with Crippen molar-refractivity contribution in [3.8, 4) is 5.75 Å². The molecule has 106 valence electrons. The van der Waals surface area contributed by atoms with Gasteiger partial charge in [0.1, 0.15) is 12.4 Å². The van der Waals surface area contributed by atoms with E-state index in [1.165, 1.54) is 5.54 Å². The lowest BCUT2D eigenvalue weighted by atomic mass is 10.1. The number of nitrogens with one attached hydrogen (secondary N) is 1. The monoisotopic (exact) mass is 321 g/mol. The van der Waals surface area contributed by atoms with Crippen LogP contribution in [0, 0.1) is 0 Å². The van der Waals surface area contributed by atoms with E-state index in [9.17, 15) is 0 Å². The summed E-state index contributed by atoms with van der Waals surface area (Å²) in [6.07, 6.45) is 0. The van der Waals surface area contributed by atoms with Crippen molar-refractivity contribution in [1.82, 2.24) is 5.32 Å². The molecule has 0 unspecified atom stereocenters. The van der Waals surface area contributed by atoms with Crippen molar-refractivity contribution in [3.63, 3.8) is 0 Å². The maximum atomic E-state index is 6.16. The lowest BCUT2D eigenvalue weighted by Crippen LogP contribution is -2.35. The van der Waals surface area contributed by atoms with Gasteiger partial charge in [0.25, 0.3) is 0 Å². The molecule has 1 aromatic rings. The van der Waals surface area contributed by atoms with Crippen LogP contribution in [0.3, 0.4) is 0 Å². The van der Waals surface area contributed by atoms with E-state index in [-0.39, 0.29) is 12.1 Å². The molecule has 5 heteroatoms. The minimum atomic E-state index is 0.0211. The zero-order valence-electron chi connectivity index (χ0n) is 11.3. The number of hydrogen-bond acceptors (Lipinski definition) is 2. The molecule has 0 aliphatic rings. The van der Waals surface area contributed by atoms with Crippen LogP contribution in [-0.4, -0.2) is 12.1 Å².